The molecule has 1 aliphatic rings. The van der Waals surface area contributed by atoms with Crippen LogP contribution in [0.5, 0.6) is 0 Å². The molecule has 0 N–H and O–H groups in total. The van der Waals surface area contributed by atoms with Crippen LogP contribution in [0.4, 0.5) is 5.69 Å². The molecule has 1 aliphatic heterocycles. The van der Waals surface area contributed by atoms with Crippen molar-refractivity contribution in [2.24, 2.45) is 5.92 Å². The molecule has 9 heteroatoms. The average Bonchev–Trinajstić information content (AvgIpc) is 2.69. The lowest BCUT2D eigenvalue weighted by atomic mass is 9.86. The third kappa shape index (κ3) is 5.66. The van der Waals surface area contributed by atoms with E-state index in [1.54, 1.807) is 20.8 Å². The van der Waals surface area contributed by atoms with E-state index in [1.165, 1.54) is 24.3 Å². The van der Waals surface area contributed by atoms with Gasteiger partial charge in [-0.15, -0.1) is 0 Å². The highest BCUT2D eigenvalue weighted by atomic mass is 32.2. The van der Waals surface area contributed by atoms with Crippen molar-refractivity contribution >= 4 is 29.7 Å². The zero-order valence-corrected chi connectivity index (χ0v) is 19.4. The Morgan fingerprint density at radius 2 is 1.68 bits per heavy atom. The predicted molar refractivity (Wildman–Crippen MR) is 118 cm³/mol. The van der Waals surface area contributed by atoms with E-state index in [1.807, 2.05) is 25.7 Å². The van der Waals surface area contributed by atoms with Crippen LogP contribution in [0.1, 0.15) is 48.0 Å². The molecule has 0 saturated heterocycles. The van der Waals surface area contributed by atoms with Crippen LogP contribution in [0.15, 0.2) is 51.7 Å². The van der Waals surface area contributed by atoms with Crippen LogP contribution in [0.25, 0.3) is 0 Å². The molecule has 0 radical (unpaired) electrons. The molecular formula is C22H28N2O6S. The minimum absolute atomic E-state index is 0.0424. The van der Waals surface area contributed by atoms with Gasteiger partial charge in [0.15, 0.2) is 0 Å². The van der Waals surface area contributed by atoms with Crippen molar-refractivity contribution in [1.82, 2.24) is 4.90 Å². The van der Waals surface area contributed by atoms with E-state index in [4.69, 9.17) is 8.92 Å². The third-order valence-electron chi connectivity index (χ3n) is 4.95. The van der Waals surface area contributed by atoms with Gasteiger partial charge in [-0.1, -0.05) is 13.8 Å². The summed E-state index contributed by atoms with van der Waals surface area (Å²) < 4.78 is 10.8. The molecule has 1 aromatic carbocycles. The highest BCUT2D eigenvalue weighted by Gasteiger charge is 2.37. The molecule has 1 aromatic rings. The van der Waals surface area contributed by atoms with E-state index in [9.17, 15) is 19.7 Å². The first kappa shape index (κ1) is 24.5. The predicted octanol–water partition coefficient (Wildman–Crippen LogP) is 5.01. The number of rotatable bonds is 8. The Bertz CT molecular complexity index is 920. The zero-order valence-electron chi connectivity index (χ0n) is 18.6. The molecule has 0 aromatic heterocycles. The Hall–Kier alpha value is -2.81. The van der Waals surface area contributed by atoms with Gasteiger partial charge in [-0.2, -0.15) is 0 Å². The molecule has 0 amide bonds. The number of carbonyl (C=O) groups excluding carboxylic acids is 2. The van der Waals surface area contributed by atoms with E-state index in [0.29, 0.717) is 22.6 Å². The first-order valence-corrected chi connectivity index (χ1v) is 10.9. The van der Waals surface area contributed by atoms with Gasteiger partial charge >= 0.3 is 11.9 Å². The van der Waals surface area contributed by atoms with Crippen LogP contribution in [-0.4, -0.2) is 34.4 Å². The smallest absolute Gasteiger partial charge is 0.348 e. The highest BCUT2D eigenvalue weighted by molar-refractivity contribution is 7.95. The molecular weight excluding hydrogens is 420 g/mol. The maximum atomic E-state index is 13.0. The van der Waals surface area contributed by atoms with Crippen molar-refractivity contribution in [3.05, 3.63) is 56.9 Å². The van der Waals surface area contributed by atoms with Crippen molar-refractivity contribution in [2.75, 3.05) is 6.54 Å². The molecule has 1 heterocycles. The van der Waals surface area contributed by atoms with Crippen molar-refractivity contribution in [3.8, 4) is 0 Å². The van der Waals surface area contributed by atoms with Gasteiger partial charge < -0.3 is 13.8 Å². The van der Waals surface area contributed by atoms with Gasteiger partial charge in [-0.05, 0) is 46.2 Å². The Morgan fingerprint density at radius 3 is 2.16 bits per heavy atom. The van der Waals surface area contributed by atoms with Gasteiger partial charge in [0.25, 0.3) is 5.69 Å². The van der Waals surface area contributed by atoms with E-state index < -0.39 is 22.8 Å². The SMILES string of the molecule is CCCN1C(C)=C(C(=O)OSc2ccc([N+](=O)[O-])cc2)C(C)C(C(=O)OC(C)C)=C1C. The fourth-order valence-electron chi connectivity index (χ4n) is 3.55. The van der Waals surface area contributed by atoms with E-state index >= 15 is 0 Å². The fourth-order valence-corrected chi connectivity index (χ4v) is 4.06. The number of carbonyl (C=O) groups is 2. The molecule has 0 aliphatic carbocycles. The summed E-state index contributed by atoms with van der Waals surface area (Å²) in [4.78, 5) is 38.6. The third-order valence-corrected chi connectivity index (χ3v) is 5.65. The molecule has 0 spiro atoms. The lowest BCUT2D eigenvalue weighted by Crippen LogP contribution is -2.35. The average molecular weight is 449 g/mol. The molecule has 0 saturated carbocycles. The lowest BCUT2D eigenvalue weighted by molar-refractivity contribution is -0.384. The minimum atomic E-state index is -0.559. The van der Waals surface area contributed by atoms with Crippen molar-refractivity contribution < 1.29 is 23.4 Å². The molecule has 8 nitrogen and oxygen atoms in total. The van der Waals surface area contributed by atoms with Crippen LogP contribution >= 0.6 is 12.0 Å². The standard InChI is InChI=1S/C22H28N2O6S/c1-7-12-23-15(5)19(21(25)29-13(2)3)14(4)20(16(23)6)22(26)30-31-18-10-8-17(9-11-18)24(27)28/h8-11,13-14H,7,12H2,1-6H3. The number of non-ortho nitro benzene ring substituents is 1. The highest BCUT2D eigenvalue weighted by Crippen LogP contribution is 2.37. The molecule has 1 unspecified atom stereocenters. The van der Waals surface area contributed by atoms with Gasteiger partial charge in [0.1, 0.15) is 0 Å². The first-order valence-electron chi connectivity index (χ1n) is 10.1. The van der Waals surface area contributed by atoms with E-state index in [-0.39, 0.29) is 11.8 Å². The van der Waals surface area contributed by atoms with Crippen molar-refractivity contribution in [1.29, 1.82) is 0 Å². The fraction of sp³-hybridized carbons (Fsp3) is 0.455. The van der Waals surface area contributed by atoms with Crippen molar-refractivity contribution in [2.45, 2.75) is 59.0 Å². The van der Waals surface area contributed by atoms with Crippen LogP contribution in [-0.2, 0) is 18.5 Å². The van der Waals surface area contributed by atoms with Gasteiger partial charge in [-0.3, -0.25) is 10.1 Å². The van der Waals surface area contributed by atoms with Crippen LogP contribution in [0.3, 0.4) is 0 Å². The monoisotopic (exact) mass is 448 g/mol. The second-order valence-corrected chi connectivity index (χ2v) is 8.34. The Morgan fingerprint density at radius 1 is 1.13 bits per heavy atom. The van der Waals surface area contributed by atoms with Crippen LogP contribution in [0.2, 0.25) is 0 Å². The number of benzene rings is 1. The molecule has 0 bridgehead atoms. The largest absolute Gasteiger partial charge is 0.460 e. The first-order chi connectivity index (χ1) is 14.6. The van der Waals surface area contributed by atoms with Gasteiger partial charge in [0.2, 0.25) is 0 Å². The summed E-state index contributed by atoms with van der Waals surface area (Å²) in [7, 11) is 0. The number of hydrogen-bond donors (Lipinski definition) is 0. The van der Waals surface area contributed by atoms with Gasteiger partial charge in [-0.25, -0.2) is 9.59 Å². The topological polar surface area (TPSA) is 99.0 Å². The maximum Gasteiger partial charge on any atom is 0.348 e. The maximum absolute atomic E-state index is 13.0. The molecule has 2 rings (SSSR count). The molecule has 168 valence electrons. The van der Waals surface area contributed by atoms with E-state index in [0.717, 1.165) is 29.9 Å². The summed E-state index contributed by atoms with van der Waals surface area (Å²) in [6.45, 7) is 11.7. The van der Waals surface area contributed by atoms with Crippen molar-refractivity contribution in [3.63, 3.8) is 0 Å². The lowest BCUT2D eigenvalue weighted by Gasteiger charge is -2.36. The second kappa shape index (κ2) is 10.5. The number of nitrogens with zero attached hydrogens (tertiary/aromatic N) is 2. The summed E-state index contributed by atoms with van der Waals surface area (Å²) in [5.74, 6) is -1.50. The Kier molecular flexibility index (Phi) is 8.27. The zero-order chi connectivity index (χ0) is 23.3. The summed E-state index contributed by atoms with van der Waals surface area (Å²) in [5, 5.41) is 10.8. The number of nitro benzene ring substituents is 1. The number of ether oxygens (including phenoxy) is 1. The minimum Gasteiger partial charge on any atom is -0.460 e. The number of hydrogen-bond acceptors (Lipinski definition) is 8. The number of nitro groups is 1. The molecule has 0 fully saturated rings. The summed E-state index contributed by atoms with van der Waals surface area (Å²) in [6, 6.07) is 5.72. The van der Waals surface area contributed by atoms with Crippen LogP contribution in [0, 0.1) is 16.0 Å². The second-order valence-electron chi connectivity index (χ2n) is 7.53. The Balaban J connectivity index is 2.28. The summed E-state index contributed by atoms with van der Waals surface area (Å²) >= 11 is 0.825. The van der Waals surface area contributed by atoms with Gasteiger partial charge in [0.05, 0.1) is 34.2 Å². The summed E-state index contributed by atoms with van der Waals surface area (Å²) in [6.07, 6.45) is 0.551. The Labute approximate surface area is 186 Å². The number of esters is 1. The normalized spacial score (nSPS) is 16.6. The van der Waals surface area contributed by atoms with E-state index in [2.05, 4.69) is 0 Å². The van der Waals surface area contributed by atoms with Crippen LogP contribution < -0.4 is 0 Å². The molecule has 1 atom stereocenters. The van der Waals surface area contributed by atoms with Gasteiger partial charge in [0, 0.05) is 40.9 Å². The summed E-state index contributed by atoms with van der Waals surface area (Å²) in [5.41, 5.74) is 2.31. The number of allylic oxidation sites excluding steroid dienone is 2. The quantitative estimate of drug-likeness (QED) is 0.237. The molecule has 31 heavy (non-hydrogen) atoms.